The summed E-state index contributed by atoms with van der Waals surface area (Å²) in [5.74, 6) is 0.241. The van der Waals surface area contributed by atoms with E-state index in [1.165, 1.54) is 19.2 Å². The number of methoxy groups -OCH3 is 1. The Kier molecular flexibility index (Phi) is 3.97. The van der Waals surface area contributed by atoms with Crippen LogP contribution >= 0.6 is 11.6 Å². The van der Waals surface area contributed by atoms with Gasteiger partial charge in [0.05, 0.1) is 7.11 Å². The maximum absolute atomic E-state index is 12.3. The second-order valence-corrected chi connectivity index (χ2v) is 4.29. The van der Waals surface area contributed by atoms with Crippen LogP contribution in [0.4, 0.5) is 0 Å². The summed E-state index contributed by atoms with van der Waals surface area (Å²) in [4.78, 5) is 23.2. The average Bonchev–Trinajstić information content (AvgIpc) is 2.46. The molecule has 19 heavy (non-hydrogen) atoms. The molecule has 2 rings (SSSR count). The van der Waals surface area contributed by atoms with E-state index in [0.717, 1.165) is 0 Å². The van der Waals surface area contributed by atoms with Crippen LogP contribution in [-0.2, 0) is 4.79 Å². The summed E-state index contributed by atoms with van der Waals surface area (Å²) in [5, 5.41) is 0.546. The van der Waals surface area contributed by atoms with Crippen LogP contribution in [0.3, 0.4) is 0 Å². The predicted octanol–water partition coefficient (Wildman–Crippen LogP) is 3.04. The minimum atomic E-state index is -0.270. The number of benzene rings is 2. The van der Waals surface area contributed by atoms with Crippen LogP contribution in [0.5, 0.6) is 5.75 Å². The molecule has 1 radical (unpaired) electrons. The van der Waals surface area contributed by atoms with Crippen molar-refractivity contribution in [2.45, 2.75) is 0 Å². The zero-order chi connectivity index (χ0) is 13.8. The molecule has 0 saturated carbocycles. The number of ketones is 1. The summed E-state index contributed by atoms with van der Waals surface area (Å²) in [6.07, 6.45) is 1.76. The Morgan fingerprint density at radius 2 is 1.84 bits per heavy atom. The fourth-order valence-electron chi connectivity index (χ4n) is 1.68. The second kappa shape index (κ2) is 5.67. The van der Waals surface area contributed by atoms with Crippen LogP contribution in [0.15, 0.2) is 42.5 Å². The third-order valence-electron chi connectivity index (χ3n) is 2.69. The minimum Gasteiger partial charge on any atom is -0.497 e. The Morgan fingerprint density at radius 1 is 1.16 bits per heavy atom. The molecular weight excluding hydrogens is 264 g/mol. The van der Waals surface area contributed by atoms with Crippen LogP contribution in [0.2, 0.25) is 5.02 Å². The first kappa shape index (κ1) is 13.3. The average molecular weight is 274 g/mol. The third-order valence-corrected chi connectivity index (χ3v) is 2.94. The third kappa shape index (κ3) is 2.83. The van der Waals surface area contributed by atoms with Gasteiger partial charge in [-0.15, -0.1) is 0 Å². The molecule has 95 valence electrons. The number of rotatable bonds is 4. The molecule has 0 fully saturated rings. The fourth-order valence-corrected chi connectivity index (χ4v) is 1.81. The van der Waals surface area contributed by atoms with Crippen molar-refractivity contribution in [2.75, 3.05) is 7.11 Å². The van der Waals surface area contributed by atoms with Crippen LogP contribution in [0.1, 0.15) is 21.5 Å². The Bertz CT molecular complexity index is 618. The van der Waals surface area contributed by atoms with E-state index in [-0.39, 0.29) is 16.9 Å². The molecule has 4 heteroatoms. The number of halogens is 1. The van der Waals surface area contributed by atoms with Crippen LogP contribution in [-0.4, -0.2) is 19.2 Å². The van der Waals surface area contributed by atoms with Gasteiger partial charge in [0.1, 0.15) is 5.75 Å². The molecule has 2 aromatic rings. The lowest BCUT2D eigenvalue weighted by atomic mass is 9.99. The van der Waals surface area contributed by atoms with E-state index >= 15 is 0 Å². The topological polar surface area (TPSA) is 43.4 Å². The number of hydrogen-bond acceptors (Lipinski definition) is 3. The highest BCUT2D eigenvalue weighted by atomic mass is 35.5. The summed E-state index contributed by atoms with van der Waals surface area (Å²) in [7, 11) is 1.50. The van der Waals surface area contributed by atoms with E-state index in [1.54, 1.807) is 36.6 Å². The van der Waals surface area contributed by atoms with E-state index in [0.29, 0.717) is 16.3 Å². The van der Waals surface area contributed by atoms with Crippen LogP contribution < -0.4 is 4.74 Å². The first-order valence-electron chi connectivity index (χ1n) is 5.52. The smallest absolute Gasteiger partial charge is 0.234 e. The predicted molar refractivity (Wildman–Crippen MR) is 72.7 cm³/mol. The number of carbonyl (C=O) groups is 1. The summed E-state index contributed by atoms with van der Waals surface area (Å²) in [5.41, 5.74) is 0.923. The van der Waals surface area contributed by atoms with Gasteiger partial charge < -0.3 is 4.74 Å². The van der Waals surface area contributed by atoms with Crippen molar-refractivity contribution in [2.24, 2.45) is 0 Å². The molecule has 0 saturated heterocycles. The molecule has 0 aliphatic carbocycles. The van der Waals surface area contributed by atoms with Gasteiger partial charge in [0.25, 0.3) is 0 Å². The van der Waals surface area contributed by atoms with E-state index in [4.69, 9.17) is 16.3 Å². The quantitative estimate of drug-likeness (QED) is 0.804. The Hall–Kier alpha value is -2.13. The molecule has 0 spiro atoms. The van der Waals surface area contributed by atoms with Crippen molar-refractivity contribution >= 4 is 23.7 Å². The van der Waals surface area contributed by atoms with Crippen molar-refractivity contribution < 1.29 is 14.3 Å². The van der Waals surface area contributed by atoms with Gasteiger partial charge in [-0.25, -0.2) is 0 Å². The van der Waals surface area contributed by atoms with Gasteiger partial charge in [0, 0.05) is 21.7 Å². The minimum absolute atomic E-state index is 0.209. The van der Waals surface area contributed by atoms with Gasteiger partial charge in [-0.3, -0.25) is 9.59 Å². The molecule has 3 nitrogen and oxygen atoms in total. The van der Waals surface area contributed by atoms with Gasteiger partial charge in [-0.05, 0) is 42.5 Å². The van der Waals surface area contributed by atoms with E-state index in [9.17, 15) is 9.59 Å². The standard InChI is InChI=1S/C15H10ClO3/c1-19-13-7-4-11(9-17)14(8-13)15(18)10-2-5-12(16)6-3-10/h2-8H,1H3. The molecule has 0 aliphatic heterocycles. The Balaban J connectivity index is 2.47. The molecule has 0 N–H and O–H groups in total. The highest BCUT2D eigenvalue weighted by Crippen LogP contribution is 2.20. The Morgan fingerprint density at radius 3 is 2.42 bits per heavy atom. The fraction of sp³-hybridized carbons (Fsp3) is 0.0667. The normalized spacial score (nSPS) is 10.0. The van der Waals surface area contributed by atoms with Crippen molar-refractivity contribution in [3.63, 3.8) is 0 Å². The maximum Gasteiger partial charge on any atom is 0.234 e. The molecule has 0 heterocycles. The molecule has 0 bridgehead atoms. The number of ether oxygens (including phenoxy) is 1. The van der Waals surface area contributed by atoms with Gasteiger partial charge in [-0.2, -0.15) is 0 Å². The largest absolute Gasteiger partial charge is 0.497 e. The van der Waals surface area contributed by atoms with Gasteiger partial charge in [0.15, 0.2) is 5.78 Å². The van der Waals surface area contributed by atoms with Crippen molar-refractivity contribution in [3.05, 3.63) is 64.2 Å². The SMILES string of the molecule is COc1ccc([C]=O)c(C(=O)c2ccc(Cl)cc2)c1. The molecule has 0 unspecified atom stereocenters. The van der Waals surface area contributed by atoms with Gasteiger partial charge in [-0.1, -0.05) is 11.6 Å². The first-order valence-corrected chi connectivity index (χ1v) is 5.90. The molecule has 0 aliphatic rings. The lowest BCUT2D eigenvalue weighted by Crippen LogP contribution is -2.05. The molecule has 2 aromatic carbocycles. The zero-order valence-corrected chi connectivity index (χ0v) is 10.9. The lowest BCUT2D eigenvalue weighted by molar-refractivity contribution is 0.103. The van der Waals surface area contributed by atoms with Crippen LogP contribution in [0, 0.1) is 0 Å². The van der Waals surface area contributed by atoms with Crippen molar-refractivity contribution in [1.82, 2.24) is 0 Å². The summed E-state index contributed by atoms with van der Waals surface area (Å²) in [6.45, 7) is 0. The summed E-state index contributed by atoms with van der Waals surface area (Å²) < 4.78 is 5.06. The van der Waals surface area contributed by atoms with Gasteiger partial charge >= 0.3 is 0 Å². The monoisotopic (exact) mass is 273 g/mol. The molecular formula is C15H10ClO3. The molecule has 0 aromatic heterocycles. The summed E-state index contributed by atoms with van der Waals surface area (Å²) in [6, 6.07) is 11.1. The molecule has 0 amide bonds. The lowest BCUT2D eigenvalue weighted by Gasteiger charge is -2.06. The maximum atomic E-state index is 12.3. The molecule has 0 atom stereocenters. The highest BCUT2D eigenvalue weighted by Gasteiger charge is 2.15. The van der Waals surface area contributed by atoms with E-state index < -0.39 is 0 Å². The first-order chi connectivity index (χ1) is 9.15. The number of carbonyl (C=O) groups excluding carboxylic acids is 2. The zero-order valence-electron chi connectivity index (χ0n) is 10.1. The van der Waals surface area contributed by atoms with Crippen molar-refractivity contribution in [1.29, 1.82) is 0 Å². The summed E-state index contributed by atoms with van der Waals surface area (Å²) >= 11 is 5.77. The van der Waals surface area contributed by atoms with Crippen molar-refractivity contribution in [3.8, 4) is 5.75 Å². The van der Waals surface area contributed by atoms with E-state index in [1.807, 2.05) is 0 Å². The second-order valence-electron chi connectivity index (χ2n) is 3.85. The Labute approximate surface area is 115 Å². The number of hydrogen-bond donors (Lipinski definition) is 0. The highest BCUT2D eigenvalue weighted by molar-refractivity contribution is 6.30. The van der Waals surface area contributed by atoms with Gasteiger partial charge in [0.2, 0.25) is 6.29 Å². The van der Waals surface area contributed by atoms with E-state index in [2.05, 4.69) is 0 Å². The van der Waals surface area contributed by atoms with Crippen LogP contribution in [0.25, 0.3) is 0 Å².